The highest BCUT2D eigenvalue weighted by atomic mass is 16.6. The maximum absolute atomic E-state index is 13.6. The Morgan fingerprint density at radius 3 is 2.24 bits per heavy atom. The number of piperidine rings is 1. The van der Waals surface area contributed by atoms with Gasteiger partial charge in [-0.15, -0.1) is 0 Å². The molecule has 2 aromatic rings. The summed E-state index contributed by atoms with van der Waals surface area (Å²) in [5, 5.41) is 2.86. The molecule has 1 unspecified atom stereocenters. The summed E-state index contributed by atoms with van der Waals surface area (Å²) < 4.78 is 11.5. The number of likely N-dealkylation sites (tertiary alicyclic amines) is 1. The smallest absolute Gasteiger partial charge is 0.408 e. The van der Waals surface area contributed by atoms with Crippen LogP contribution < -0.4 is 15.0 Å². The third-order valence-corrected chi connectivity index (χ3v) is 7.48. The third-order valence-electron chi connectivity index (χ3n) is 7.48. The van der Waals surface area contributed by atoms with Gasteiger partial charge in [0.15, 0.2) is 0 Å². The molecule has 1 saturated heterocycles. The lowest BCUT2D eigenvalue weighted by molar-refractivity contribution is -0.135. The van der Waals surface area contributed by atoms with E-state index in [9.17, 15) is 9.59 Å². The van der Waals surface area contributed by atoms with Gasteiger partial charge in [-0.3, -0.25) is 4.79 Å². The van der Waals surface area contributed by atoms with Crippen molar-refractivity contribution in [2.45, 2.75) is 92.0 Å². The SMILES string of the molecule is CC[C@H](C)C(NC(=O)OC(C)(C)C)C(=O)N1CCC(N(CC=C(C)C)c2ccc(OCc3ccccc3)cc2)CC1. The van der Waals surface area contributed by atoms with E-state index in [0.29, 0.717) is 25.7 Å². The first-order valence-electron chi connectivity index (χ1n) is 14.9. The van der Waals surface area contributed by atoms with Gasteiger partial charge in [-0.25, -0.2) is 4.79 Å². The van der Waals surface area contributed by atoms with Crippen LogP contribution in [0.4, 0.5) is 10.5 Å². The Balaban J connectivity index is 1.65. The highest BCUT2D eigenvalue weighted by molar-refractivity contribution is 5.86. The molecule has 1 heterocycles. The van der Waals surface area contributed by atoms with Crippen molar-refractivity contribution in [3.63, 3.8) is 0 Å². The van der Waals surface area contributed by atoms with Crippen molar-refractivity contribution in [2.24, 2.45) is 5.92 Å². The average molecular weight is 564 g/mol. The Labute approximate surface area is 246 Å². The molecule has 7 heteroatoms. The lowest BCUT2D eigenvalue weighted by Gasteiger charge is -2.41. The largest absolute Gasteiger partial charge is 0.489 e. The van der Waals surface area contributed by atoms with E-state index in [1.807, 2.05) is 69.9 Å². The highest BCUT2D eigenvalue weighted by Crippen LogP contribution is 2.27. The van der Waals surface area contributed by atoms with Gasteiger partial charge in [-0.1, -0.05) is 62.2 Å². The second kappa shape index (κ2) is 14.9. The fraction of sp³-hybridized carbons (Fsp3) is 0.529. The minimum atomic E-state index is -0.619. The summed E-state index contributed by atoms with van der Waals surface area (Å²) >= 11 is 0. The molecule has 1 N–H and O–H groups in total. The Hall–Kier alpha value is -3.48. The number of rotatable bonds is 11. The van der Waals surface area contributed by atoms with Crippen LogP contribution in [0.3, 0.4) is 0 Å². The summed E-state index contributed by atoms with van der Waals surface area (Å²) in [7, 11) is 0. The second-order valence-electron chi connectivity index (χ2n) is 12.3. The number of hydrogen-bond donors (Lipinski definition) is 1. The summed E-state index contributed by atoms with van der Waals surface area (Å²) in [6, 6.07) is 18.2. The Morgan fingerprint density at radius 2 is 1.68 bits per heavy atom. The highest BCUT2D eigenvalue weighted by Gasteiger charge is 2.34. The molecule has 0 spiro atoms. The minimum Gasteiger partial charge on any atom is -0.489 e. The number of amides is 2. The first kappa shape index (κ1) is 32.0. The molecule has 0 aromatic heterocycles. The van der Waals surface area contributed by atoms with Gasteiger partial charge in [0.2, 0.25) is 5.91 Å². The standard InChI is InChI=1S/C34H49N3O4/c1-8-26(4)31(35-33(39)41-34(5,6)7)32(38)36-21-19-29(20-22-36)37(23-18-25(2)3)28-14-16-30(17-15-28)40-24-27-12-10-9-11-13-27/h9-18,26,29,31H,8,19-24H2,1-7H3,(H,35,39)/t26-,31?/m0/s1. The zero-order chi connectivity index (χ0) is 30.0. The van der Waals surface area contributed by atoms with Crippen molar-refractivity contribution in [1.29, 1.82) is 0 Å². The Bertz CT molecular complexity index is 1130. The average Bonchev–Trinajstić information content (AvgIpc) is 2.94. The number of nitrogens with zero attached hydrogens (tertiary/aromatic N) is 2. The molecular formula is C34H49N3O4. The van der Waals surface area contributed by atoms with Gasteiger partial charge in [-0.05, 0) is 83.2 Å². The van der Waals surface area contributed by atoms with Crippen LogP contribution in [0.1, 0.15) is 73.3 Å². The molecule has 1 fully saturated rings. The van der Waals surface area contributed by atoms with Gasteiger partial charge in [0, 0.05) is 31.4 Å². The van der Waals surface area contributed by atoms with Crippen molar-refractivity contribution in [3.05, 3.63) is 71.8 Å². The van der Waals surface area contributed by atoms with Crippen LogP contribution in [0.2, 0.25) is 0 Å². The second-order valence-corrected chi connectivity index (χ2v) is 12.3. The summed E-state index contributed by atoms with van der Waals surface area (Å²) in [5.74, 6) is 0.817. The summed E-state index contributed by atoms with van der Waals surface area (Å²) in [6.07, 6.45) is 4.20. The fourth-order valence-electron chi connectivity index (χ4n) is 4.93. The van der Waals surface area contributed by atoms with E-state index in [4.69, 9.17) is 9.47 Å². The van der Waals surface area contributed by atoms with E-state index in [0.717, 1.165) is 42.8 Å². The number of benzene rings is 2. The van der Waals surface area contributed by atoms with Crippen LogP contribution in [0.25, 0.3) is 0 Å². The molecule has 0 radical (unpaired) electrons. The molecular weight excluding hydrogens is 514 g/mol. The molecule has 224 valence electrons. The van der Waals surface area contributed by atoms with Gasteiger partial charge >= 0.3 is 6.09 Å². The quantitative estimate of drug-likeness (QED) is 0.299. The Morgan fingerprint density at radius 1 is 1.05 bits per heavy atom. The van der Waals surface area contributed by atoms with E-state index in [2.05, 4.69) is 54.4 Å². The van der Waals surface area contributed by atoms with Gasteiger partial charge < -0.3 is 24.6 Å². The monoisotopic (exact) mass is 563 g/mol. The van der Waals surface area contributed by atoms with E-state index in [1.54, 1.807) is 0 Å². The molecule has 1 aliphatic heterocycles. The summed E-state index contributed by atoms with van der Waals surface area (Å²) in [5.41, 5.74) is 2.94. The fourth-order valence-corrected chi connectivity index (χ4v) is 4.93. The molecule has 0 saturated carbocycles. The zero-order valence-corrected chi connectivity index (χ0v) is 26.0. The molecule has 0 bridgehead atoms. The van der Waals surface area contributed by atoms with Crippen LogP contribution in [0.5, 0.6) is 5.75 Å². The molecule has 41 heavy (non-hydrogen) atoms. The minimum absolute atomic E-state index is 0.00420. The topological polar surface area (TPSA) is 71.1 Å². The number of alkyl carbamates (subject to hydrolysis) is 1. The van der Waals surface area contributed by atoms with Crippen molar-refractivity contribution >= 4 is 17.7 Å². The first-order valence-corrected chi connectivity index (χ1v) is 14.9. The van der Waals surface area contributed by atoms with Gasteiger partial charge in [0.25, 0.3) is 0 Å². The number of ether oxygens (including phenoxy) is 2. The first-order chi connectivity index (χ1) is 19.5. The molecule has 0 aliphatic carbocycles. The lowest BCUT2D eigenvalue weighted by atomic mass is 9.95. The van der Waals surface area contributed by atoms with Crippen molar-refractivity contribution in [1.82, 2.24) is 10.2 Å². The van der Waals surface area contributed by atoms with Crippen molar-refractivity contribution in [2.75, 3.05) is 24.5 Å². The Kier molecular flexibility index (Phi) is 11.7. The molecule has 2 atom stereocenters. The number of hydrogen-bond acceptors (Lipinski definition) is 5. The number of anilines is 1. The summed E-state index contributed by atoms with van der Waals surface area (Å²) in [4.78, 5) is 30.4. The molecule has 3 rings (SSSR count). The third kappa shape index (κ3) is 10.1. The van der Waals surface area contributed by atoms with Gasteiger partial charge in [-0.2, -0.15) is 0 Å². The number of allylic oxidation sites excluding steroid dienone is 1. The number of carbonyl (C=O) groups excluding carboxylic acids is 2. The lowest BCUT2D eigenvalue weighted by Crippen LogP contribution is -2.55. The van der Waals surface area contributed by atoms with E-state index in [1.165, 1.54) is 5.57 Å². The molecule has 1 aliphatic rings. The van der Waals surface area contributed by atoms with Crippen molar-refractivity contribution < 1.29 is 19.1 Å². The maximum Gasteiger partial charge on any atom is 0.408 e. The molecule has 7 nitrogen and oxygen atoms in total. The van der Waals surface area contributed by atoms with Crippen LogP contribution in [-0.2, 0) is 16.1 Å². The summed E-state index contributed by atoms with van der Waals surface area (Å²) in [6.45, 7) is 16.4. The van der Waals surface area contributed by atoms with Crippen LogP contribution in [0.15, 0.2) is 66.2 Å². The van der Waals surface area contributed by atoms with Crippen LogP contribution in [-0.4, -0.2) is 54.2 Å². The number of nitrogens with one attached hydrogen (secondary N) is 1. The van der Waals surface area contributed by atoms with Crippen LogP contribution in [0, 0.1) is 5.92 Å². The van der Waals surface area contributed by atoms with E-state index in [-0.39, 0.29) is 11.8 Å². The predicted molar refractivity (Wildman–Crippen MR) is 166 cm³/mol. The van der Waals surface area contributed by atoms with E-state index >= 15 is 0 Å². The predicted octanol–water partition coefficient (Wildman–Crippen LogP) is 6.97. The van der Waals surface area contributed by atoms with Gasteiger partial charge in [0.1, 0.15) is 24.0 Å². The number of carbonyl (C=O) groups is 2. The maximum atomic E-state index is 13.6. The van der Waals surface area contributed by atoms with Gasteiger partial charge in [0.05, 0.1) is 0 Å². The zero-order valence-electron chi connectivity index (χ0n) is 26.0. The normalized spacial score (nSPS) is 15.4. The molecule has 2 amide bonds. The van der Waals surface area contributed by atoms with Crippen molar-refractivity contribution in [3.8, 4) is 5.75 Å². The molecule has 2 aromatic carbocycles. The van der Waals surface area contributed by atoms with Crippen LogP contribution >= 0.6 is 0 Å². The van der Waals surface area contributed by atoms with E-state index < -0.39 is 17.7 Å².